The second-order valence-electron chi connectivity index (χ2n) is 5.05. The molecule has 1 heterocycles. The molecule has 1 aliphatic rings. The first kappa shape index (κ1) is 13.0. The maximum Gasteiger partial charge on any atom is 0.128 e. The van der Waals surface area contributed by atoms with Gasteiger partial charge in [0.2, 0.25) is 0 Å². The van der Waals surface area contributed by atoms with Crippen molar-refractivity contribution in [3.8, 4) is 11.5 Å². The van der Waals surface area contributed by atoms with E-state index in [2.05, 4.69) is 42.3 Å². The van der Waals surface area contributed by atoms with Gasteiger partial charge in [-0.15, -0.1) is 0 Å². The summed E-state index contributed by atoms with van der Waals surface area (Å²) in [6.07, 6.45) is 0. The fourth-order valence-electron chi connectivity index (χ4n) is 2.73. The van der Waals surface area contributed by atoms with Gasteiger partial charge in [-0.1, -0.05) is 30.3 Å². The number of hydrogen-bond acceptors (Lipinski definition) is 3. The first-order valence-electron chi connectivity index (χ1n) is 6.85. The maximum atomic E-state index is 5.89. The summed E-state index contributed by atoms with van der Waals surface area (Å²) in [6.45, 7) is 1.59. The van der Waals surface area contributed by atoms with Gasteiger partial charge < -0.3 is 9.47 Å². The molecule has 0 aliphatic carbocycles. The van der Waals surface area contributed by atoms with E-state index in [-0.39, 0.29) is 6.04 Å². The van der Waals surface area contributed by atoms with Crippen LogP contribution in [0, 0.1) is 0 Å². The number of likely N-dealkylation sites (N-methyl/N-ethyl adjacent to an activating group) is 1. The van der Waals surface area contributed by atoms with E-state index >= 15 is 0 Å². The SMILES string of the molecule is COc1ccc2c(c1)OCCN(C)C2c1ccccc1. The number of nitrogens with zero attached hydrogens (tertiary/aromatic N) is 1. The van der Waals surface area contributed by atoms with Crippen LogP contribution < -0.4 is 9.47 Å². The first-order valence-corrected chi connectivity index (χ1v) is 6.85. The van der Waals surface area contributed by atoms with Crippen LogP contribution in [0.3, 0.4) is 0 Å². The molecule has 1 aliphatic heterocycles. The molecule has 0 N–H and O–H groups in total. The summed E-state index contributed by atoms with van der Waals surface area (Å²) in [5, 5.41) is 0. The number of benzene rings is 2. The van der Waals surface area contributed by atoms with Gasteiger partial charge in [0.15, 0.2) is 0 Å². The lowest BCUT2D eigenvalue weighted by Crippen LogP contribution is -2.26. The third kappa shape index (κ3) is 2.37. The lowest BCUT2D eigenvalue weighted by molar-refractivity contribution is 0.238. The zero-order chi connectivity index (χ0) is 13.9. The van der Waals surface area contributed by atoms with Crippen molar-refractivity contribution in [1.82, 2.24) is 4.90 Å². The van der Waals surface area contributed by atoms with Crippen LogP contribution in [0.15, 0.2) is 48.5 Å². The van der Waals surface area contributed by atoms with Gasteiger partial charge >= 0.3 is 0 Å². The standard InChI is InChI=1S/C17H19NO2/c1-18-10-11-20-16-12-14(19-2)8-9-15(16)17(18)13-6-4-3-5-7-13/h3-9,12,17H,10-11H2,1-2H3. The molecule has 0 saturated carbocycles. The van der Waals surface area contributed by atoms with Gasteiger partial charge in [0, 0.05) is 18.2 Å². The Balaban J connectivity index is 2.09. The molecule has 3 nitrogen and oxygen atoms in total. The van der Waals surface area contributed by atoms with Crippen molar-refractivity contribution in [1.29, 1.82) is 0 Å². The first-order chi connectivity index (χ1) is 9.79. The lowest BCUT2D eigenvalue weighted by Gasteiger charge is -2.26. The summed E-state index contributed by atoms with van der Waals surface area (Å²) in [4.78, 5) is 2.33. The summed E-state index contributed by atoms with van der Waals surface area (Å²) in [5.74, 6) is 1.75. The highest BCUT2D eigenvalue weighted by Gasteiger charge is 2.25. The monoisotopic (exact) mass is 269 g/mol. The second kappa shape index (κ2) is 5.55. The van der Waals surface area contributed by atoms with Gasteiger partial charge in [-0.25, -0.2) is 0 Å². The van der Waals surface area contributed by atoms with Gasteiger partial charge in [-0.3, -0.25) is 4.90 Å². The summed E-state index contributed by atoms with van der Waals surface area (Å²) in [6, 6.07) is 16.8. The quantitative estimate of drug-likeness (QED) is 0.836. The third-order valence-electron chi connectivity index (χ3n) is 3.77. The molecular formula is C17H19NO2. The van der Waals surface area contributed by atoms with Crippen molar-refractivity contribution in [3.05, 3.63) is 59.7 Å². The lowest BCUT2D eigenvalue weighted by atomic mass is 9.97. The Hall–Kier alpha value is -2.00. The van der Waals surface area contributed by atoms with E-state index in [9.17, 15) is 0 Å². The van der Waals surface area contributed by atoms with E-state index in [1.807, 2.05) is 18.2 Å². The van der Waals surface area contributed by atoms with Crippen molar-refractivity contribution in [3.63, 3.8) is 0 Å². The molecule has 3 rings (SSSR count). The van der Waals surface area contributed by atoms with Crippen LogP contribution >= 0.6 is 0 Å². The number of fused-ring (bicyclic) bond motifs is 1. The number of ether oxygens (including phenoxy) is 2. The molecule has 2 aromatic carbocycles. The van der Waals surface area contributed by atoms with Crippen LogP contribution in [0.25, 0.3) is 0 Å². The predicted molar refractivity (Wildman–Crippen MR) is 79.4 cm³/mol. The fourth-order valence-corrected chi connectivity index (χ4v) is 2.73. The zero-order valence-corrected chi connectivity index (χ0v) is 11.9. The van der Waals surface area contributed by atoms with Crippen molar-refractivity contribution >= 4 is 0 Å². The highest BCUT2D eigenvalue weighted by atomic mass is 16.5. The molecule has 0 amide bonds. The minimum atomic E-state index is 0.222. The molecule has 0 aromatic heterocycles. The third-order valence-corrected chi connectivity index (χ3v) is 3.77. The second-order valence-corrected chi connectivity index (χ2v) is 5.05. The Morgan fingerprint density at radius 2 is 1.95 bits per heavy atom. The van der Waals surface area contributed by atoms with Crippen LogP contribution in [-0.2, 0) is 0 Å². The van der Waals surface area contributed by atoms with Crippen LogP contribution in [0.4, 0.5) is 0 Å². The van der Waals surface area contributed by atoms with E-state index in [0.717, 1.165) is 18.0 Å². The van der Waals surface area contributed by atoms with E-state index in [1.165, 1.54) is 11.1 Å². The summed E-state index contributed by atoms with van der Waals surface area (Å²) in [7, 11) is 3.82. The molecule has 104 valence electrons. The Morgan fingerprint density at radius 3 is 2.70 bits per heavy atom. The fraction of sp³-hybridized carbons (Fsp3) is 0.294. The van der Waals surface area contributed by atoms with E-state index in [1.54, 1.807) is 7.11 Å². The van der Waals surface area contributed by atoms with Crippen LogP contribution in [0.5, 0.6) is 11.5 Å². The summed E-state index contributed by atoms with van der Waals surface area (Å²) >= 11 is 0. The number of hydrogen-bond donors (Lipinski definition) is 0. The Bertz CT molecular complexity index is 583. The van der Waals surface area contributed by atoms with Crippen LogP contribution in [0.2, 0.25) is 0 Å². The molecule has 0 fully saturated rings. The van der Waals surface area contributed by atoms with E-state index < -0.39 is 0 Å². The topological polar surface area (TPSA) is 21.7 Å². The van der Waals surface area contributed by atoms with Crippen molar-refractivity contribution in [2.45, 2.75) is 6.04 Å². The molecule has 2 aromatic rings. The number of methoxy groups -OCH3 is 1. The minimum Gasteiger partial charge on any atom is -0.497 e. The maximum absolute atomic E-state index is 5.89. The molecular weight excluding hydrogens is 250 g/mol. The Morgan fingerprint density at radius 1 is 1.15 bits per heavy atom. The molecule has 3 heteroatoms. The van der Waals surface area contributed by atoms with Gasteiger partial charge in [0.25, 0.3) is 0 Å². The molecule has 0 spiro atoms. The van der Waals surface area contributed by atoms with Crippen LogP contribution in [0.1, 0.15) is 17.2 Å². The van der Waals surface area contributed by atoms with Crippen molar-refractivity contribution in [2.75, 3.05) is 27.3 Å². The zero-order valence-electron chi connectivity index (χ0n) is 11.9. The molecule has 0 saturated heterocycles. The smallest absolute Gasteiger partial charge is 0.128 e. The molecule has 1 unspecified atom stereocenters. The van der Waals surface area contributed by atoms with Crippen LogP contribution in [-0.4, -0.2) is 32.2 Å². The van der Waals surface area contributed by atoms with Gasteiger partial charge in [-0.05, 0) is 24.7 Å². The summed E-state index contributed by atoms with van der Waals surface area (Å²) in [5.41, 5.74) is 2.48. The highest BCUT2D eigenvalue weighted by Crippen LogP contribution is 2.37. The normalized spacial score (nSPS) is 18.8. The molecule has 0 radical (unpaired) electrons. The molecule has 1 atom stereocenters. The average Bonchev–Trinajstić information content (AvgIpc) is 2.65. The largest absolute Gasteiger partial charge is 0.497 e. The average molecular weight is 269 g/mol. The number of rotatable bonds is 2. The van der Waals surface area contributed by atoms with Gasteiger partial charge in [-0.2, -0.15) is 0 Å². The summed E-state index contributed by atoms with van der Waals surface area (Å²) < 4.78 is 11.2. The molecule has 0 bridgehead atoms. The Labute approximate surface area is 119 Å². The van der Waals surface area contributed by atoms with Gasteiger partial charge in [0.1, 0.15) is 18.1 Å². The van der Waals surface area contributed by atoms with E-state index in [4.69, 9.17) is 9.47 Å². The van der Waals surface area contributed by atoms with Gasteiger partial charge in [0.05, 0.1) is 13.2 Å². The van der Waals surface area contributed by atoms with Crippen molar-refractivity contribution in [2.24, 2.45) is 0 Å². The van der Waals surface area contributed by atoms with E-state index in [0.29, 0.717) is 6.61 Å². The molecule has 20 heavy (non-hydrogen) atoms. The highest BCUT2D eigenvalue weighted by molar-refractivity contribution is 5.46. The Kier molecular flexibility index (Phi) is 3.61. The predicted octanol–water partition coefficient (Wildman–Crippen LogP) is 3.11. The minimum absolute atomic E-state index is 0.222. The van der Waals surface area contributed by atoms with Crippen molar-refractivity contribution < 1.29 is 9.47 Å².